The van der Waals surface area contributed by atoms with Gasteiger partial charge in [-0.05, 0) is 19.4 Å². The third kappa shape index (κ3) is 11.6. The number of nitrogens with one attached hydrogen (secondary N) is 1. The summed E-state index contributed by atoms with van der Waals surface area (Å²) < 4.78 is 15.6. The molecule has 1 N–H and O–H groups in total. The molecule has 5 nitrogen and oxygen atoms in total. The predicted molar refractivity (Wildman–Crippen MR) is 65.8 cm³/mol. The van der Waals surface area contributed by atoms with E-state index in [1.165, 1.54) is 0 Å². The van der Waals surface area contributed by atoms with Crippen molar-refractivity contribution in [2.45, 2.75) is 25.8 Å². The highest BCUT2D eigenvalue weighted by Crippen LogP contribution is 1.93. The van der Waals surface area contributed by atoms with Crippen LogP contribution in [0, 0.1) is 11.3 Å². The van der Waals surface area contributed by atoms with Crippen LogP contribution >= 0.6 is 0 Å². The molecular formula is C12H24N2O3. The van der Waals surface area contributed by atoms with Gasteiger partial charge < -0.3 is 19.5 Å². The molecule has 0 fully saturated rings. The van der Waals surface area contributed by atoms with Crippen molar-refractivity contribution < 1.29 is 14.2 Å². The van der Waals surface area contributed by atoms with Crippen LogP contribution in [-0.2, 0) is 14.2 Å². The van der Waals surface area contributed by atoms with Crippen molar-refractivity contribution in [3.8, 4) is 6.07 Å². The highest BCUT2D eigenvalue weighted by Gasteiger charge is 2.03. The lowest BCUT2D eigenvalue weighted by molar-refractivity contribution is 0.0505. The Labute approximate surface area is 104 Å². The van der Waals surface area contributed by atoms with Gasteiger partial charge in [0.2, 0.25) is 0 Å². The molecule has 100 valence electrons. The molecule has 1 atom stereocenters. The summed E-state index contributed by atoms with van der Waals surface area (Å²) >= 11 is 0. The van der Waals surface area contributed by atoms with Gasteiger partial charge in [-0.15, -0.1) is 0 Å². The minimum atomic E-state index is -0.0991. The van der Waals surface area contributed by atoms with Gasteiger partial charge >= 0.3 is 0 Å². The van der Waals surface area contributed by atoms with Crippen LogP contribution in [0.3, 0.4) is 0 Å². The van der Waals surface area contributed by atoms with Crippen molar-refractivity contribution in [2.75, 3.05) is 46.7 Å². The number of hydrogen-bond donors (Lipinski definition) is 1. The molecule has 17 heavy (non-hydrogen) atoms. The van der Waals surface area contributed by atoms with Gasteiger partial charge in [-0.1, -0.05) is 6.92 Å². The van der Waals surface area contributed by atoms with E-state index in [-0.39, 0.29) is 6.04 Å². The third-order valence-corrected chi connectivity index (χ3v) is 2.17. The van der Waals surface area contributed by atoms with Gasteiger partial charge in [0.05, 0.1) is 25.3 Å². The van der Waals surface area contributed by atoms with E-state index in [4.69, 9.17) is 19.5 Å². The van der Waals surface area contributed by atoms with Crippen molar-refractivity contribution in [1.82, 2.24) is 5.32 Å². The van der Waals surface area contributed by atoms with E-state index in [1.807, 2.05) is 6.92 Å². The second-order valence-corrected chi connectivity index (χ2v) is 3.60. The normalized spacial score (nSPS) is 12.3. The van der Waals surface area contributed by atoms with Crippen LogP contribution in [0.5, 0.6) is 0 Å². The molecule has 0 amide bonds. The predicted octanol–water partition coefficient (Wildman–Crippen LogP) is 0.948. The maximum atomic E-state index is 8.78. The summed E-state index contributed by atoms with van der Waals surface area (Å²) in [6.45, 7) is 6.05. The number of nitrogens with zero attached hydrogens (tertiary/aromatic N) is 1. The summed E-state index contributed by atoms with van der Waals surface area (Å²) in [5, 5.41) is 11.9. The second-order valence-electron chi connectivity index (χ2n) is 3.60. The van der Waals surface area contributed by atoms with Crippen LogP contribution in [0.4, 0.5) is 0 Å². The SMILES string of the molecule is CCNC(C#N)CCOCCCOCCOC. The first-order valence-electron chi connectivity index (χ1n) is 6.12. The fraction of sp³-hybridized carbons (Fsp3) is 0.917. The van der Waals surface area contributed by atoms with Crippen LogP contribution in [0.2, 0.25) is 0 Å². The fourth-order valence-electron chi connectivity index (χ4n) is 1.27. The van der Waals surface area contributed by atoms with Crippen molar-refractivity contribution in [3.63, 3.8) is 0 Å². The Morgan fingerprint density at radius 1 is 1.12 bits per heavy atom. The standard InChI is InChI=1S/C12H24N2O3/c1-3-14-12(11-13)5-8-16-6-4-7-17-10-9-15-2/h12,14H,3-10H2,1-2H3. The van der Waals surface area contributed by atoms with Crippen molar-refractivity contribution in [1.29, 1.82) is 5.26 Å². The van der Waals surface area contributed by atoms with Gasteiger partial charge in [-0.3, -0.25) is 0 Å². The molecule has 0 saturated carbocycles. The largest absolute Gasteiger partial charge is 0.382 e. The van der Waals surface area contributed by atoms with E-state index in [1.54, 1.807) is 7.11 Å². The number of hydrogen-bond acceptors (Lipinski definition) is 5. The van der Waals surface area contributed by atoms with Crippen LogP contribution < -0.4 is 5.32 Å². The quantitative estimate of drug-likeness (QED) is 0.518. The smallest absolute Gasteiger partial charge is 0.0974 e. The van der Waals surface area contributed by atoms with E-state index in [0.29, 0.717) is 33.0 Å². The number of rotatable bonds is 12. The highest BCUT2D eigenvalue weighted by atomic mass is 16.5. The molecule has 0 aliphatic carbocycles. The highest BCUT2D eigenvalue weighted by molar-refractivity contribution is 4.88. The zero-order chi connectivity index (χ0) is 12.8. The molecule has 0 radical (unpaired) electrons. The van der Waals surface area contributed by atoms with E-state index >= 15 is 0 Å². The monoisotopic (exact) mass is 244 g/mol. The lowest BCUT2D eigenvalue weighted by Gasteiger charge is -2.09. The summed E-state index contributed by atoms with van der Waals surface area (Å²) in [7, 11) is 1.66. The Hall–Kier alpha value is -0.670. The maximum absolute atomic E-state index is 8.78. The Bertz CT molecular complexity index is 195. The van der Waals surface area contributed by atoms with Crippen molar-refractivity contribution in [3.05, 3.63) is 0 Å². The summed E-state index contributed by atoms with van der Waals surface area (Å²) in [5.74, 6) is 0. The molecule has 1 unspecified atom stereocenters. The molecule has 0 bridgehead atoms. The van der Waals surface area contributed by atoms with Gasteiger partial charge in [0.1, 0.15) is 0 Å². The van der Waals surface area contributed by atoms with Crippen LogP contribution in [0.25, 0.3) is 0 Å². The summed E-state index contributed by atoms with van der Waals surface area (Å²) in [4.78, 5) is 0. The van der Waals surface area contributed by atoms with Gasteiger partial charge in [0.15, 0.2) is 0 Å². The summed E-state index contributed by atoms with van der Waals surface area (Å²) in [6.07, 6.45) is 1.61. The molecule has 0 saturated heterocycles. The summed E-state index contributed by atoms with van der Waals surface area (Å²) in [6, 6.07) is 2.10. The minimum absolute atomic E-state index is 0.0991. The van der Waals surface area contributed by atoms with E-state index in [9.17, 15) is 0 Å². The molecule has 5 heteroatoms. The average molecular weight is 244 g/mol. The Morgan fingerprint density at radius 3 is 2.41 bits per heavy atom. The van der Waals surface area contributed by atoms with Crippen LogP contribution in [-0.4, -0.2) is 52.7 Å². The third-order valence-electron chi connectivity index (χ3n) is 2.17. The van der Waals surface area contributed by atoms with Gasteiger partial charge in [0, 0.05) is 26.9 Å². The first kappa shape index (κ1) is 16.3. The van der Waals surface area contributed by atoms with E-state index < -0.39 is 0 Å². The topological polar surface area (TPSA) is 63.5 Å². The number of ether oxygens (including phenoxy) is 3. The number of methoxy groups -OCH3 is 1. The Kier molecular flexibility index (Phi) is 12.9. The fourth-order valence-corrected chi connectivity index (χ4v) is 1.27. The second kappa shape index (κ2) is 13.4. The first-order chi connectivity index (χ1) is 8.35. The van der Waals surface area contributed by atoms with Crippen molar-refractivity contribution >= 4 is 0 Å². The molecule has 0 aromatic carbocycles. The van der Waals surface area contributed by atoms with Crippen LogP contribution in [0.15, 0.2) is 0 Å². The van der Waals surface area contributed by atoms with Gasteiger partial charge in [0.25, 0.3) is 0 Å². The maximum Gasteiger partial charge on any atom is 0.0974 e. The molecule has 0 heterocycles. The summed E-state index contributed by atoms with van der Waals surface area (Å²) in [5.41, 5.74) is 0. The van der Waals surface area contributed by atoms with E-state index in [2.05, 4.69) is 11.4 Å². The zero-order valence-electron chi connectivity index (χ0n) is 10.9. The van der Waals surface area contributed by atoms with Crippen LogP contribution in [0.1, 0.15) is 19.8 Å². The van der Waals surface area contributed by atoms with Gasteiger partial charge in [-0.25, -0.2) is 0 Å². The number of nitriles is 1. The molecule has 0 spiro atoms. The molecular weight excluding hydrogens is 220 g/mol. The first-order valence-corrected chi connectivity index (χ1v) is 6.12. The molecule has 0 aliphatic heterocycles. The van der Waals surface area contributed by atoms with Gasteiger partial charge in [-0.2, -0.15) is 5.26 Å². The van der Waals surface area contributed by atoms with E-state index in [0.717, 1.165) is 19.4 Å². The molecule has 0 aliphatic rings. The minimum Gasteiger partial charge on any atom is -0.382 e. The van der Waals surface area contributed by atoms with Crippen molar-refractivity contribution in [2.24, 2.45) is 0 Å². The lowest BCUT2D eigenvalue weighted by Crippen LogP contribution is -2.28. The average Bonchev–Trinajstić information content (AvgIpc) is 2.35. The molecule has 0 aromatic rings. The molecule has 0 aromatic heterocycles. The zero-order valence-corrected chi connectivity index (χ0v) is 10.9. The lowest BCUT2D eigenvalue weighted by atomic mass is 10.2. The Morgan fingerprint density at radius 2 is 1.82 bits per heavy atom. The molecule has 0 rings (SSSR count). The Balaban J connectivity index is 3.15.